The van der Waals surface area contributed by atoms with Crippen LogP contribution in [0.2, 0.25) is 0 Å². The van der Waals surface area contributed by atoms with Gasteiger partial charge in [0.1, 0.15) is 5.69 Å². The SMILES string of the molecule is CCn1nc(C)c(NC(C)=O)c1C(N)=O. The summed E-state index contributed by atoms with van der Waals surface area (Å²) in [5.41, 5.74) is 6.45. The number of carbonyl (C=O) groups is 2. The standard InChI is InChI=1S/C9H14N4O2/c1-4-13-8(9(10)15)7(5(2)12-13)11-6(3)14/h4H2,1-3H3,(H2,10,15)(H,11,14). The number of nitrogens with zero attached hydrogens (tertiary/aromatic N) is 2. The Morgan fingerprint density at radius 2 is 2.13 bits per heavy atom. The van der Waals surface area contributed by atoms with Gasteiger partial charge in [0.2, 0.25) is 5.91 Å². The molecule has 6 heteroatoms. The Labute approximate surface area is 87.4 Å². The van der Waals surface area contributed by atoms with Gasteiger partial charge in [-0.05, 0) is 13.8 Å². The Balaban J connectivity index is 3.28. The zero-order valence-corrected chi connectivity index (χ0v) is 9.00. The number of aromatic nitrogens is 2. The molecule has 2 amide bonds. The minimum atomic E-state index is -0.596. The van der Waals surface area contributed by atoms with Gasteiger partial charge in [-0.25, -0.2) is 0 Å². The largest absolute Gasteiger partial charge is 0.364 e. The van der Waals surface area contributed by atoms with Crippen molar-refractivity contribution in [1.82, 2.24) is 9.78 Å². The molecule has 15 heavy (non-hydrogen) atoms. The van der Waals surface area contributed by atoms with Crippen LogP contribution in [0.25, 0.3) is 0 Å². The summed E-state index contributed by atoms with van der Waals surface area (Å²) in [7, 11) is 0. The Kier molecular flexibility index (Phi) is 3.08. The van der Waals surface area contributed by atoms with Crippen LogP contribution in [0.3, 0.4) is 0 Å². The Morgan fingerprint density at radius 3 is 2.53 bits per heavy atom. The van der Waals surface area contributed by atoms with Crippen molar-refractivity contribution in [1.29, 1.82) is 0 Å². The van der Waals surface area contributed by atoms with E-state index < -0.39 is 5.91 Å². The number of hydrogen-bond acceptors (Lipinski definition) is 3. The summed E-state index contributed by atoms with van der Waals surface area (Å²) in [5.74, 6) is -0.850. The van der Waals surface area contributed by atoms with E-state index in [1.165, 1.54) is 11.6 Å². The lowest BCUT2D eigenvalue weighted by Crippen LogP contribution is -2.20. The van der Waals surface area contributed by atoms with Gasteiger partial charge in [-0.1, -0.05) is 0 Å². The van der Waals surface area contributed by atoms with Crippen LogP contribution in [0.1, 0.15) is 30.0 Å². The Hall–Kier alpha value is -1.85. The molecule has 0 unspecified atom stereocenters. The van der Waals surface area contributed by atoms with E-state index in [1.807, 2.05) is 6.92 Å². The van der Waals surface area contributed by atoms with E-state index in [1.54, 1.807) is 6.92 Å². The predicted molar refractivity (Wildman–Crippen MR) is 55.5 cm³/mol. The van der Waals surface area contributed by atoms with E-state index in [4.69, 9.17) is 5.73 Å². The van der Waals surface area contributed by atoms with Gasteiger partial charge in [0.15, 0.2) is 0 Å². The summed E-state index contributed by atoms with van der Waals surface area (Å²) in [6.07, 6.45) is 0. The molecule has 0 saturated heterocycles. The first-order valence-corrected chi connectivity index (χ1v) is 4.62. The van der Waals surface area contributed by atoms with Crippen molar-refractivity contribution in [2.24, 2.45) is 5.73 Å². The number of rotatable bonds is 3. The maximum absolute atomic E-state index is 11.2. The summed E-state index contributed by atoms with van der Waals surface area (Å²) in [6.45, 7) is 5.45. The fourth-order valence-electron chi connectivity index (χ4n) is 1.39. The number of amides is 2. The van der Waals surface area contributed by atoms with Crippen molar-refractivity contribution in [3.8, 4) is 0 Å². The summed E-state index contributed by atoms with van der Waals surface area (Å²) in [4.78, 5) is 22.1. The molecule has 0 saturated carbocycles. The van der Waals surface area contributed by atoms with Crippen LogP contribution in [0.5, 0.6) is 0 Å². The molecule has 0 bridgehead atoms. The molecule has 0 spiro atoms. The molecular formula is C9H14N4O2. The third-order valence-corrected chi connectivity index (χ3v) is 1.96. The molecule has 0 aliphatic heterocycles. The van der Waals surface area contributed by atoms with Gasteiger partial charge < -0.3 is 11.1 Å². The number of aryl methyl sites for hydroxylation is 2. The highest BCUT2D eigenvalue weighted by Crippen LogP contribution is 2.19. The topological polar surface area (TPSA) is 90.0 Å². The monoisotopic (exact) mass is 210 g/mol. The Bertz CT molecular complexity index is 408. The van der Waals surface area contributed by atoms with Gasteiger partial charge >= 0.3 is 0 Å². The highest BCUT2D eigenvalue weighted by molar-refractivity contribution is 6.01. The van der Waals surface area contributed by atoms with E-state index >= 15 is 0 Å². The first-order valence-electron chi connectivity index (χ1n) is 4.62. The fraction of sp³-hybridized carbons (Fsp3) is 0.444. The van der Waals surface area contributed by atoms with E-state index in [-0.39, 0.29) is 11.6 Å². The molecule has 0 aliphatic rings. The smallest absolute Gasteiger partial charge is 0.269 e. The normalized spacial score (nSPS) is 10.1. The van der Waals surface area contributed by atoms with E-state index in [0.717, 1.165) is 0 Å². The maximum Gasteiger partial charge on any atom is 0.269 e. The number of carbonyl (C=O) groups excluding carboxylic acids is 2. The number of nitrogens with one attached hydrogen (secondary N) is 1. The molecule has 1 aromatic rings. The third-order valence-electron chi connectivity index (χ3n) is 1.96. The van der Waals surface area contributed by atoms with Crippen LogP contribution < -0.4 is 11.1 Å². The molecule has 0 aromatic carbocycles. The van der Waals surface area contributed by atoms with Gasteiger partial charge in [0.05, 0.1) is 11.4 Å². The fourth-order valence-corrected chi connectivity index (χ4v) is 1.39. The van der Waals surface area contributed by atoms with Gasteiger partial charge in [0.25, 0.3) is 5.91 Å². The zero-order chi connectivity index (χ0) is 11.6. The van der Waals surface area contributed by atoms with Gasteiger partial charge in [-0.15, -0.1) is 0 Å². The predicted octanol–water partition coefficient (Wildman–Crippen LogP) is 0.269. The molecule has 0 atom stereocenters. The van der Waals surface area contributed by atoms with Gasteiger partial charge in [-0.3, -0.25) is 14.3 Å². The Morgan fingerprint density at radius 1 is 1.53 bits per heavy atom. The quantitative estimate of drug-likeness (QED) is 0.750. The third kappa shape index (κ3) is 2.15. The molecule has 1 heterocycles. The number of primary amides is 1. The molecule has 0 aliphatic carbocycles. The van der Waals surface area contributed by atoms with E-state index in [9.17, 15) is 9.59 Å². The molecular weight excluding hydrogens is 196 g/mol. The first-order chi connectivity index (χ1) is 6.97. The molecule has 3 N–H and O–H groups in total. The van der Waals surface area contributed by atoms with Crippen LogP contribution in [-0.2, 0) is 11.3 Å². The van der Waals surface area contributed by atoms with Crippen molar-refractivity contribution in [3.05, 3.63) is 11.4 Å². The highest BCUT2D eigenvalue weighted by atomic mass is 16.2. The maximum atomic E-state index is 11.2. The average Bonchev–Trinajstić information content (AvgIpc) is 2.42. The van der Waals surface area contributed by atoms with Crippen molar-refractivity contribution >= 4 is 17.5 Å². The second-order valence-electron chi connectivity index (χ2n) is 3.17. The lowest BCUT2D eigenvalue weighted by molar-refractivity contribution is -0.114. The van der Waals surface area contributed by atoms with Crippen molar-refractivity contribution in [3.63, 3.8) is 0 Å². The molecule has 0 fully saturated rings. The summed E-state index contributed by atoms with van der Waals surface area (Å²) in [6, 6.07) is 0. The summed E-state index contributed by atoms with van der Waals surface area (Å²) < 4.78 is 1.48. The molecule has 1 aromatic heterocycles. The van der Waals surface area contributed by atoms with Crippen LogP contribution in [0.4, 0.5) is 5.69 Å². The van der Waals surface area contributed by atoms with Crippen molar-refractivity contribution < 1.29 is 9.59 Å². The highest BCUT2D eigenvalue weighted by Gasteiger charge is 2.19. The second-order valence-corrected chi connectivity index (χ2v) is 3.17. The summed E-state index contributed by atoms with van der Waals surface area (Å²) in [5, 5.41) is 6.66. The van der Waals surface area contributed by atoms with E-state index in [0.29, 0.717) is 17.9 Å². The molecule has 6 nitrogen and oxygen atoms in total. The zero-order valence-electron chi connectivity index (χ0n) is 9.00. The van der Waals surface area contributed by atoms with Gasteiger partial charge in [0, 0.05) is 13.5 Å². The van der Waals surface area contributed by atoms with Crippen LogP contribution >= 0.6 is 0 Å². The lowest BCUT2D eigenvalue weighted by Gasteiger charge is -2.04. The molecule has 1 rings (SSSR count). The van der Waals surface area contributed by atoms with Crippen molar-refractivity contribution in [2.75, 3.05) is 5.32 Å². The van der Waals surface area contributed by atoms with Crippen LogP contribution in [0, 0.1) is 6.92 Å². The minimum absolute atomic E-state index is 0.241. The van der Waals surface area contributed by atoms with E-state index in [2.05, 4.69) is 10.4 Å². The van der Waals surface area contributed by atoms with Gasteiger partial charge in [-0.2, -0.15) is 5.10 Å². The first kappa shape index (κ1) is 11.2. The number of hydrogen-bond donors (Lipinski definition) is 2. The average molecular weight is 210 g/mol. The molecule has 82 valence electrons. The van der Waals surface area contributed by atoms with Crippen molar-refractivity contribution in [2.45, 2.75) is 27.3 Å². The number of anilines is 1. The number of nitrogens with two attached hydrogens (primary N) is 1. The van der Waals surface area contributed by atoms with Crippen LogP contribution in [0.15, 0.2) is 0 Å². The minimum Gasteiger partial charge on any atom is -0.364 e. The van der Waals surface area contributed by atoms with Crippen LogP contribution in [-0.4, -0.2) is 21.6 Å². The lowest BCUT2D eigenvalue weighted by atomic mass is 10.3. The molecule has 0 radical (unpaired) electrons. The second kappa shape index (κ2) is 4.12. The summed E-state index contributed by atoms with van der Waals surface area (Å²) >= 11 is 0.